The molecule has 7 rings (SSSR count). The molecule has 0 atom stereocenters. The first kappa shape index (κ1) is 20.3. The van der Waals surface area contributed by atoms with Crippen LogP contribution in [0.25, 0.3) is 24.3 Å². The first-order valence-electron chi connectivity index (χ1n) is 11.7. The summed E-state index contributed by atoms with van der Waals surface area (Å²) in [5.41, 5.74) is 9.26. The molecule has 0 spiro atoms. The molecule has 36 heavy (non-hydrogen) atoms. The molecule has 0 amide bonds. The number of aromatic amines is 2. The van der Waals surface area contributed by atoms with Crippen molar-refractivity contribution in [1.29, 1.82) is 0 Å². The average molecular weight is 465 g/mol. The molecule has 0 fully saturated rings. The summed E-state index contributed by atoms with van der Waals surface area (Å²) in [6, 6.07) is 6.20. The van der Waals surface area contributed by atoms with Crippen LogP contribution >= 0.6 is 0 Å². The molecule has 0 aromatic carbocycles. The highest BCUT2D eigenvalue weighted by molar-refractivity contribution is 6.19. The van der Waals surface area contributed by atoms with Gasteiger partial charge in [-0.15, -0.1) is 0 Å². The smallest absolute Gasteiger partial charge is 0.0659 e. The van der Waals surface area contributed by atoms with Gasteiger partial charge in [-0.25, -0.2) is 15.0 Å². The van der Waals surface area contributed by atoms with Crippen molar-refractivity contribution in [2.24, 2.45) is 20.0 Å². The van der Waals surface area contributed by atoms with Crippen molar-refractivity contribution >= 4 is 47.7 Å². The third-order valence-electron chi connectivity index (χ3n) is 6.02. The van der Waals surface area contributed by atoms with E-state index < -0.39 is 0 Å². The van der Waals surface area contributed by atoms with E-state index in [1.54, 1.807) is 0 Å². The summed E-state index contributed by atoms with van der Waals surface area (Å²) >= 11 is 0. The number of hydrogen-bond acceptors (Lipinski definition) is 4. The van der Waals surface area contributed by atoms with E-state index in [2.05, 4.69) is 45.3 Å². The number of rotatable bonds is 0. The molecule has 6 heteroatoms. The lowest BCUT2D eigenvalue weighted by Crippen LogP contribution is -2.11. The molecule has 12 bridgehead atoms. The van der Waals surface area contributed by atoms with Crippen molar-refractivity contribution in [3.05, 3.63) is 129 Å². The summed E-state index contributed by atoms with van der Waals surface area (Å²) in [7, 11) is 0. The SMILES string of the molecule is C1=CC2=NC1=CC1=NC(=Cc3c[nH]c(c3)C=C3C=CC(=N3)C=c3ccc([nH]3)=CC3=CC(=C2)N=C3)C=C1. The lowest BCUT2D eigenvalue weighted by molar-refractivity contribution is 1.27. The first-order chi connectivity index (χ1) is 17.7. The number of nitrogens with one attached hydrogen (secondary N) is 2. The zero-order chi connectivity index (χ0) is 23.9. The van der Waals surface area contributed by atoms with E-state index in [0.29, 0.717) is 0 Å². The third-order valence-corrected chi connectivity index (χ3v) is 6.02. The number of aliphatic imine (C=N–C) groups is 4. The number of hydrogen-bond donors (Lipinski definition) is 2. The first-order valence-corrected chi connectivity index (χ1v) is 11.7. The minimum Gasteiger partial charge on any atom is -0.361 e. The Kier molecular flexibility index (Phi) is 4.67. The molecule has 2 aromatic heterocycles. The Hall–Kier alpha value is -5.10. The molecule has 0 saturated carbocycles. The highest BCUT2D eigenvalue weighted by atomic mass is 14.8. The molecule has 5 aliphatic rings. The van der Waals surface area contributed by atoms with Crippen molar-refractivity contribution in [2.45, 2.75) is 0 Å². The number of fused-ring (bicyclic) bond motifs is 8. The molecule has 2 N–H and O–H groups in total. The molecule has 0 unspecified atom stereocenters. The normalized spacial score (nSPS) is 19.3. The van der Waals surface area contributed by atoms with Gasteiger partial charge in [0, 0.05) is 28.8 Å². The van der Waals surface area contributed by atoms with Gasteiger partial charge in [-0.05, 0) is 108 Å². The standard InChI is InChI=1S/C30H20N6/c1-3-23-13-25-5-7-27(35-25)16-30-12-20(18-32-30)10-22-2-4-24(34-22)14-26-6-8-28(36-26)15-29-11-19(17-31-29)9-21(1)33-23/h1-18,31,34H. The van der Waals surface area contributed by atoms with Crippen LogP contribution in [0.3, 0.4) is 0 Å². The van der Waals surface area contributed by atoms with Gasteiger partial charge in [-0.2, -0.15) is 0 Å². The van der Waals surface area contributed by atoms with Crippen LogP contribution in [0.2, 0.25) is 0 Å². The van der Waals surface area contributed by atoms with Gasteiger partial charge in [0.15, 0.2) is 0 Å². The maximum Gasteiger partial charge on any atom is 0.0659 e. The van der Waals surface area contributed by atoms with Gasteiger partial charge in [-0.3, -0.25) is 4.99 Å². The lowest BCUT2D eigenvalue weighted by atomic mass is 10.2. The van der Waals surface area contributed by atoms with Crippen LogP contribution in [0.15, 0.2) is 127 Å². The second-order valence-corrected chi connectivity index (χ2v) is 8.84. The summed E-state index contributed by atoms with van der Waals surface area (Å²) < 4.78 is 0. The minimum atomic E-state index is 0.869. The molecule has 0 aliphatic carbocycles. The van der Waals surface area contributed by atoms with Gasteiger partial charge in [-0.1, -0.05) is 0 Å². The third kappa shape index (κ3) is 4.23. The summed E-state index contributed by atoms with van der Waals surface area (Å²) in [6.07, 6.45) is 30.1. The summed E-state index contributed by atoms with van der Waals surface area (Å²) in [5.74, 6) is 0. The Morgan fingerprint density at radius 3 is 1.97 bits per heavy atom. The monoisotopic (exact) mass is 464 g/mol. The molecule has 2 aromatic rings. The summed E-state index contributed by atoms with van der Waals surface area (Å²) in [6.45, 7) is 0. The van der Waals surface area contributed by atoms with Crippen LogP contribution in [0.1, 0.15) is 11.3 Å². The highest BCUT2D eigenvalue weighted by Crippen LogP contribution is 2.20. The number of allylic oxidation sites excluding steroid dienone is 10. The fourth-order valence-corrected chi connectivity index (χ4v) is 4.38. The Morgan fingerprint density at radius 1 is 0.556 bits per heavy atom. The van der Waals surface area contributed by atoms with Crippen molar-refractivity contribution in [2.75, 3.05) is 0 Å². The lowest BCUT2D eigenvalue weighted by Gasteiger charge is -1.92. The van der Waals surface area contributed by atoms with E-state index >= 15 is 0 Å². The van der Waals surface area contributed by atoms with Crippen LogP contribution in [0.5, 0.6) is 0 Å². The maximum absolute atomic E-state index is 4.73. The topological polar surface area (TPSA) is 81.0 Å². The van der Waals surface area contributed by atoms with Crippen LogP contribution in [0, 0.1) is 0 Å². The molecule has 6 nitrogen and oxygen atoms in total. The molecular formula is C30H20N6. The van der Waals surface area contributed by atoms with Crippen molar-refractivity contribution in [1.82, 2.24) is 9.97 Å². The molecule has 5 aliphatic heterocycles. The quantitative estimate of drug-likeness (QED) is 0.589. The molecular weight excluding hydrogens is 444 g/mol. The van der Waals surface area contributed by atoms with E-state index in [9.17, 15) is 0 Å². The van der Waals surface area contributed by atoms with Crippen molar-refractivity contribution < 1.29 is 0 Å². The Bertz CT molecular complexity index is 1810. The van der Waals surface area contributed by atoms with Crippen LogP contribution in [-0.2, 0) is 0 Å². The fraction of sp³-hybridized carbons (Fsp3) is 0. The second-order valence-electron chi connectivity index (χ2n) is 8.84. The average Bonchev–Trinajstić information content (AvgIpc) is 3.68. The predicted octanol–water partition coefficient (Wildman–Crippen LogP) is 4.11. The number of H-pyrrole nitrogens is 2. The van der Waals surface area contributed by atoms with E-state index in [0.717, 1.165) is 67.5 Å². The van der Waals surface area contributed by atoms with Gasteiger partial charge in [0.05, 0.1) is 39.9 Å². The van der Waals surface area contributed by atoms with E-state index in [4.69, 9.17) is 15.0 Å². The zero-order valence-electron chi connectivity index (χ0n) is 19.2. The van der Waals surface area contributed by atoms with Gasteiger partial charge in [0.2, 0.25) is 0 Å². The molecule has 0 saturated heterocycles. The van der Waals surface area contributed by atoms with Gasteiger partial charge >= 0.3 is 0 Å². The van der Waals surface area contributed by atoms with Crippen molar-refractivity contribution in [3.8, 4) is 0 Å². The van der Waals surface area contributed by atoms with E-state index in [-0.39, 0.29) is 0 Å². The Morgan fingerprint density at radius 2 is 1.19 bits per heavy atom. The Labute approximate surface area is 207 Å². The van der Waals surface area contributed by atoms with Gasteiger partial charge in [0.1, 0.15) is 0 Å². The second kappa shape index (κ2) is 8.29. The number of aromatic nitrogens is 2. The molecule has 0 radical (unpaired) electrons. The van der Waals surface area contributed by atoms with E-state index in [1.807, 2.05) is 79.2 Å². The molecule has 170 valence electrons. The predicted molar refractivity (Wildman–Crippen MR) is 148 cm³/mol. The fourth-order valence-electron chi connectivity index (χ4n) is 4.38. The zero-order valence-corrected chi connectivity index (χ0v) is 19.2. The van der Waals surface area contributed by atoms with E-state index in [1.165, 1.54) is 0 Å². The van der Waals surface area contributed by atoms with Gasteiger partial charge in [0.25, 0.3) is 0 Å². The van der Waals surface area contributed by atoms with Crippen LogP contribution in [0.4, 0.5) is 0 Å². The van der Waals surface area contributed by atoms with Crippen molar-refractivity contribution in [3.63, 3.8) is 0 Å². The van der Waals surface area contributed by atoms with Gasteiger partial charge < -0.3 is 9.97 Å². The molecule has 7 heterocycles. The summed E-state index contributed by atoms with van der Waals surface area (Å²) in [5, 5.41) is 2.00. The number of nitrogens with zero attached hydrogens (tertiary/aromatic N) is 4. The minimum absolute atomic E-state index is 0.869. The largest absolute Gasteiger partial charge is 0.361 e. The van der Waals surface area contributed by atoms with Crippen LogP contribution < -0.4 is 10.7 Å². The highest BCUT2D eigenvalue weighted by Gasteiger charge is 2.09. The van der Waals surface area contributed by atoms with Crippen LogP contribution in [-0.4, -0.2) is 33.3 Å². The summed E-state index contributed by atoms with van der Waals surface area (Å²) in [4.78, 5) is 25.4. The Balaban J connectivity index is 1.31. The maximum atomic E-state index is 4.73.